The molecule has 0 amide bonds. The van der Waals surface area contributed by atoms with Crippen LogP contribution in [0.1, 0.15) is 6.92 Å². The molecule has 0 radical (unpaired) electrons. The first kappa shape index (κ1) is 18.0. The molecule has 0 aromatic heterocycles. The van der Waals surface area contributed by atoms with Gasteiger partial charge in [0.15, 0.2) is 4.98 Å². The van der Waals surface area contributed by atoms with Gasteiger partial charge in [-0.15, -0.1) is 0 Å². The molecule has 1 aromatic carbocycles. The number of nitrogens with zero attached hydrogens (tertiary/aromatic N) is 3. The molecule has 1 aliphatic heterocycles. The highest BCUT2D eigenvalue weighted by molar-refractivity contribution is 6.50. The fraction of sp³-hybridized carbons (Fsp3) is 0.500. The third-order valence-electron chi connectivity index (χ3n) is 2.73. The molecule has 1 fully saturated rings. The van der Waals surface area contributed by atoms with Crippen molar-refractivity contribution in [2.24, 2.45) is 0 Å². The van der Waals surface area contributed by atoms with Crippen LogP contribution in [-0.2, 0) is 4.74 Å². The van der Waals surface area contributed by atoms with E-state index in [1.165, 1.54) is 0 Å². The van der Waals surface area contributed by atoms with Gasteiger partial charge in [-0.3, -0.25) is 0 Å². The summed E-state index contributed by atoms with van der Waals surface area (Å²) in [5.74, 6) is 0.610. The number of anilines is 1. The maximum atomic E-state index is 9.75. The molecular formula is C12H16BF4N3O2. The minimum absolute atomic E-state index is 0.462. The van der Waals surface area contributed by atoms with Gasteiger partial charge in [-0.2, -0.15) is 0 Å². The Morgan fingerprint density at radius 1 is 1.27 bits per heavy atom. The second-order valence-electron chi connectivity index (χ2n) is 4.28. The summed E-state index contributed by atoms with van der Waals surface area (Å²) in [6, 6.07) is 5.60. The summed E-state index contributed by atoms with van der Waals surface area (Å²) in [5.41, 5.74) is 1.54. The third kappa shape index (κ3) is 6.63. The third-order valence-corrected chi connectivity index (χ3v) is 2.73. The molecule has 0 unspecified atom stereocenters. The Hall–Kier alpha value is -2.02. The fourth-order valence-corrected chi connectivity index (χ4v) is 1.87. The van der Waals surface area contributed by atoms with E-state index >= 15 is 0 Å². The van der Waals surface area contributed by atoms with E-state index in [1.807, 2.05) is 19.1 Å². The van der Waals surface area contributed by atoms with Gasteiger partial charge in [0.25, 0.3) is 0 Å². The van der Waals surface area contributed by atoms with Gasteiger partial charge in [0, 0.05) is 30.9 Å². The molecule has 2 rings (SSSR count). The van der Waals surface area contributed by atoms with E-state index in [0.717, 1.165) is 32.0 Å². The summed E-state index contributed by atoms with van der Waals surface area (Å²) in [6.07, 6.45) is 0. The van der Waals surface area contributed by atoms with Gasteiger partial charge in [0.2, 0.25) is 11.1 Å². The molecule has 0 aliphatic carbocycles. The molecule has 122 valence electrons. The van der Waals surface area contributed by atoms with Crippen molar-refractivity contribution in [2.45, 2.75) is 6.92 Å². The Morgan fingerprint density at radius 2 is 1.86 bits per heavy atom. The lowest BCUT2D eigenvalue weighted by molar-refractivity contribution is 0.122. The van der Waals surface area contributed by atoms with Crippen molar-refractivity contribution in [2.75, 3.05) is 37.8 Å². The highest BCUT2D eigenvalue weighted by atomic mass is 19.5. The standard InChI is InChI=1S/C12H16N3O2.BF4/c1-2-17-12-9-10(3-4-11(12)14-13)15-5-7-16-8-6-15;2-1(3,4)5/h3-4,9H,2,5-8H2,1H3;/q+1;-1. The van der Waals surface area contributed by atoms with E-state index in [4.69, 9.17) is 14.9 Å². The molecule has 10 heteroatoms. The molecule has 0 N–H and O–H groups in total. The predicted molar refractivity (Wildman–Crippen MR) is 75.6 cm³/mol. The number of benzene rings is 1. The van der Waals surface area contributed by atoms with Gasteiger partial charge in [-0.25, -0.2) is 0 Å². The molecule has 1 heterocycles. The fourth-order valence-electron chi connectivity index (χ4n) is 1.87. The van der Waals surface area contributed by atoms with Gasteiger partial charge < -0.3 is 31.6 Å². The molecule has 22 heavy (non-hydrogen) atoms. The van der Waals surface area contributed by atoms with Crippen molar-refractivity contribution in [3.8, 4) is 5.75 Å². The Morgan fingerprint density at radius 3 is 2.36 bits per heavy atom. The normalized spacial score (nSPS) is 14.6. The number of ether oxygens (including phenoxy) is 2. The average Bonchev–Trinajstić information content (AvgIpc) is 2.47. The summed E-state index contributed by atoms with van der Waals surface area (Å²) >= 11 is 0. The Labute approximate surface area is 125 Å². The minimum atomic E-state index is -6.00. The van der Waals surface area contributed by atoms with Crippen molar-refractivity contribution in [1.82, 2.24) is 0 Å². The van der Waals surface area contributed by atoms with Gasteiger partial charge in [-0.05, 0) is 13.0 Å². The van der Waals surface area contributed by atoms with Crippen molar-refractivity contribution in [1.29, 1.82) is 5.39 Å². The SMILES string of the molecule is CCOc1cc(N2CCOCC2)ccc1[N+]#N.F[B-](F)(F)F. The van der Waals surface area contributed by atoms with Crippen LogP contribution in [0, 0.1) is 5.39 Å². The first-order chi connectivity index (χ1) is 10.3. The summed E-state index contributed by atoms with van der Waals surface area (Å²) < 4.78 is 49.8. The van der Waals surface area contributed by atoms with Gasteiger partial charge in [0.05, 0.1) is 19.8 Å². The van der Waals surface area contributed by atoms with E-state index in [0.29, 0.717) is 18.0 Å². The maximum absolute atomic E-state index is 9.75. The summed E-state index contributed by atoms with van der Waals surface area (Å²) in [5, 5.41) is 8.86. The summed E-state index contributed by atoms with van der Waals surface area (Å²) in [7, 11) is -6.00. The molecule has 1 aliphatic rings. The molecule has 5 nitrogen and oxygen atoms in total. The van der Waals surface area contributed by atoms with Crippen molar-refractivity contribution < 1.29 is 26.7 Å². The molecule has 0 spiro atoms. The number of hydrogen-bond donors (Lipinski definition) is 0. The number of diazo groups is 1. The zero-order valence-corrected chi connectivity index (χ0v) is 12.0. The van der Waals surface area contributed by atoms with Crippen LogP contribution in [0.15, 0.2) is 18.2 Å². The molecule has 0 saturated carbocycles. The van der Waals surface area contributed by atoms with Crippen LogP contribution in [0.4, 0.5) is 28.6 Å². The smallest absolute Gasteiger partial charge is 0.486 e. The molecular weight excluding hydrogens is 305 g/mol. The monoisotopic (exact) mass is 321 g/mol. The van der Waals surface area contributed by atoms with Crippen molar-refractivity contribution in [3.05, 3.63) is 23.2 Å². The van der Waals surface area contributed by atoms with Crippen LogP contribution >= 0.6 is 0 Å². The Balaban J connectivity index is 0.000000422. The topological polar surface area (TPSA) is 49.9 Å². The second-order valence-corrected chi connectivity index (χ2v) is 4.28. The van der Waals surface area contributed by atoms with E-state index < -0.39 is 7.25 Å². The van der Waals surface area contributed by atoms with Crippen LogP contribution in [-0.4, -0.2) is 40.2 Å². The van der Waals surface area contributed by atoms with Crippen LogP contribution < -0.4 is 9.64 Å². The quantitative estimate of drug-likeness (QED) is 0.484. The lowest BCUT2D eigenvalue weighted by Gasteiger charge is -2.28. The average molecular weight is 321 g/mol. The first-order valence-corrected chi connectivity index (χ1v) is 6.67. The Bertz CT molecular complexity index is 510. The summed E-state index contributed by atoms with van der Waals surface area (Å²) in [6.45, 7) is 5.70. The second kappa shape index (κ2) is 8.43. The zero-order valence-electron chi connectivity index (χ0n) is 12.0. The molecule has 1 aromatic rings. The van der Waals surface area contributed by atoms with Crippen molar-refractivity contribution in [3.63, 3.8) is 0 Å². The summed E-state index contributed by atoms with van der Waals surface area (Å²) in [4.78, 5) is 5.44. The number of morpholine rings is 1. The van der Waals surface area contributed by atoms with Gasteiger partial charge >= 0.3 is 12.9 Å². The Kier molecular flexibility index (Phi) is 6.91. The minimum Gasteiger partial charge on any atom is -0.486 e. The van der Waals surface area contributed by atoms with Gasteiger partial charge in [-0.1, -0.05) is 0 Å². The zero-order chi connectivity index (χ0) is 16.6. The van der Waals surface area contributed by atoms with Crippen LogP contribution in [0.25, 0.3) is 4.98 Å². The highest BCUT2D eigenvalue weighted by Gasteiger charge is 2.20. The van der Waals surface area contributed by atoms with E-state index in [2.05, 4.69) is 9.88 Å². The van der Waals surface area contributed by atoms with Crippen LogP contribution in [0.2, 0.25) is 0 Å². The first-order valence-electron chi connectivity index (χ1n) is 6.67. The molecule has 0 bridgehead atoms. The van der Waals surface area contributed by atoms with E-state index in [-0.39, 0.29) is 0 Å². The van der Waals surface area contributed by atoms with E-state index in [9.17, 15) is 17.3 Å². The lowest BCUT2D eigenvalue weighted by atomic mass is 10.2. The highest BCUT2D eigenvalue weighted by Crippen LogP contribution is 2.32. The van der Waals surface area contributed by atoms with Gasteiger partial charge in [0.1, 0.15) is 0 Å². The van der Waals surface area contributed by atoms with Crippen LogP contribution in [0.3, 0.4) is 0 Å². The van der Waals surface area contributed by atoms with E-state index in [1.54, 1.807) is 6.07 Å². The van der Waals surface area contributed by atoms with Crippen molar-refractivity contribution >= 4 is 18.6 Å². The maximum Gasteiger partial charge on any atom is 0.673 e. The number of halogens is 4. The predicted octanol–water partition coefficient (Wildman–Crippen LogP) is 3.71. The number of rotatable bonds is 3. The van der Waals surface area contributed by atoms with Crippen LogP contribution in [0.5, 0.6) is 5.75 Å². The lowest BCUT2D eigenvalue weighted by Crippen LogP contribution is -2.36. The molecule has 0 atom stereocenters. The largest absolute Gasteiger partial charge is 0.673 e. The molecule has 1 saturated heterocycles. The number of hydrogen-bond acceptors (Lipinski definition) is 4.